The van der Waals surface area contributed by atoms with Crippen LogP contribution in [-0.4, -0.2) is 54.6 Å². The minimum atomic E-state index is -0.498. The Morgan fingerprint density at radius 2 is 1.87 bits per heavy atom. The molecule has 2 aliphatic heterocycles. The van der Waals surface area contributed by atoms with Crippen molar-refractivity contribution in [3.05, 3.63) is 23.8 Å². The maximum Gasteiger partial charge on any atom is 0.410 e. The van der Waals surface area contributed by atoms with E-state index in [0.717, 1.165) is 29.8 Å². The zero-order chi connectivity index (χ0) is 21.9. The third-order valence-electron chi connectivity index (χ3n) is 5.40. The average molecular weight is 418 g/mol. The lowest BCUT2D eigenvalue weighted by Crippen LogP contribution is -2.47. The summed E-state index contributed by atoms with van der Waals surface area (Å²) < 4.78 is 11.1. The summed E-state index contributed by atoms with van der Waals surface area (Å²) in [7, 11) is 1.63. The first-order valence-corrected chi connectivity index (χ1v) is 10.4. The van der Waals surface area contributed by atoms with Gasteiger partial charge in [0.15, 0.2) is 0 Å². The van der Waals surface area contributed by atoms with Gasteiger partial charge in [-0.15, -0.1) is 0 Å². The number of methoxy groups -OCH3 is 1. The standard InChI is InChI=1S/C22H31N3O5/c1-22(2,3)30-21(28)25-11-9-14(10-12-25)16-6-5-15(13-18(16)29-4)23-17-7-8-19(26)24-20(17)27/h5-6,13-14,17,23H,7-12H2,1-4H3,(H,24,26,27). The topological polar surface area (TPSA) is 97.0 Å². The fourth-order valence-electron chi connectivity index (χ4n) is 3.87. The van der Waals surface area contributed by atoms with Gasteiger partial charge in [0.25, 0.3) is 0 Å². The van der Waals surface area contributed by atoms with Crippen LogP contribution in [-0.2, 0) is 14.3 Å². The first-order chi connectivity index (χ1) is 14.2. The van der Waals surface area contributed by atoms with Crippen LogP contribution in [0.5, 0.6) is 5.75 Å². The number of hydrogen-bond acceptors (Lipinski definition) is 6. The number of amides is 3. The number of ether oxygens (including phenoxy) is 2. The number of rotatable bonds is 4. The molecule has 3 rings (SSSR count). The molecule has 1 atom stereocenters. The van der Waals surface area contributed by atoms with Crippen LogP contribution in [0.4, 0.5) is 10.5 Å². The molecule has 1 aromatic carbocycles. The van der Waals surface area contributed by atoms with Crippen LogP contribution in [0.1, 0.15) is 57.9 Å². The molecule has 8 nitrogen and oxygen atoms in total. The van der Waals surface area contributed by atoms with Crippen molar-refractivity contribution >= 4 is 23.6 Å². The molecule has 3 amide bonds. The highest BCUT2D eigenvalue weighted by Crippen LogP contribution is 2.36. The number of nitrogens with zero attached hydrogens (tertiary/aromatic N) is 1. The predicted molar refractivity (Wildman–Crippen MR) is 113 cm³/mol. The van der Waals surface area contributed by atoms with Gasteiger partial charge in [0.1, 0.15) is 17.4 Å². The Morgan fingerprint density at radius 1 is 1.17 bits per heavy atom. The summed E-state index contributed by atoms with van der Waals surface area (Å²) in [5.41, 5.74) is 1.37. The third kappa shape index (κ3) is 5.43. The second-order valence-electron chi connectivity index (χ2n) is 8.85. The summed E-state index contributed by atoms with van der Waals surface area (Å²) >= 11 is 0. The lowest BCUT2D eigenvalue weighted by Gasteiger charge is -2.34. The molecular formula is C22H31N3O5. The maximum absolute atomic E-state index is 12.3. The number of imide groups is 1. The number of anilines is 1. The maximum atomic E-state index is 12.3. The van der Waals surface area contributed by atoms with E-state index in [0.29, 0.717) is 25.9 Å². The van der Waals surface area contributed by atoms with E-state index in [1.54, 1.807) is 12.0 Å². The van der Waals surface area contributed by atoms with Gasteiger partial charge < -0.3 is 19.7 Å². The monoisotopic (exact) mass is 417 g/mol. The van der Waals surface area contributed by atoms with E-state index in [-0.39, 0.29) is 23.8 Å². The molecule has 0 saturated carbocycles. The Kier molecular flexibility index (Phi) is 6.53. The lowest BCUT2D eigenvalue weighted by atomic mass is 9.88. The molecule has 2 aliphatic rings. The molecule has 0 spiro atoms. The minimum absolute atomic E-state index is 0.233. The molecule has 2 saturated heterocycles. The number of carbonyl (C=O) groups is 3. The number of benzene rings is 1. The Bertz CT molecular complexity index is 809. The lowest BCUT2D eigenvalue weighted by molar-refractivity contribution is -0.133. The highest BCUT2D eigenvalue weighted by Gasteiger charge is 2.29. The molecule has 164 valence electrons. The number of hydrogen-bond donors (Lipinski definition) is 2. The van der Waals surface area contributed by atoms with Crippen molar-refractivity contribution in [1.82, 2.24) is 10.2 Å². The van der Waals surface area contributed by atoms with Crippen LogP contribution in [0.15, 0.2) is 18.2 Å². The highest BCUT2D eigenvalue weighted by atomic mass is 16.6. The van der Waals surface area contributed by atoms with Gasteiger partial charge in [-0.25, -0.2) is 4.79 Å². The molecule has 2 N–H and O–H groups in total. The fraction of sp³-hybridized carbons (Fsp3) is 0.591. The molecule has 8 heteroatoms. The van der Waals surface area contributed by atoms with Gasteiger partial charge in [-0.3, -0.25) is 14.9 Å². The Labute approximate surface area is 177 Å². The van der Waals surface area contributed by atoms with Crippen LogP contribution < -0.4 is 15.4 Å². The van der Waals surface area contributed by atoms with Gasteiger partial charge in [0, 0.05) is 31.3 Å². The highest BCUT2D eigenvalue weighted by molar-refractivity contribution is 6.01. The molecule has 0 bridgehead atoms. The average Bonchev–Trinajstić information content (AvgIpc) is 2.69. The molecule has 1 aromatic rings. The van der Waals surface area contributed by atoms with E-state index in [1.165, 1.54) is 0 Å². The van der Waals surface area contributed by atoms with Crippen molar-refractivity contribution in [2.45, 2.75) is 64.0 Å². The van der Waals surface area contributed by atoms with Crippen molar-refractivity contribution in [1.29, 1.82) is 0 Å². The van der Waals surface area contributed by atoms with Crippen molar-refractivity contribution in [3.8, 4) is 5.75 Å². The van der Waals surface area contributed by atoms with Gasteiger partial charge in [-0.05, 0) is 57.6 Å². The van der Waals surface area contributed by atoms with Crippen LogP contribution in [0, 0.1) is 0 Å². The quantitative estimate of drug-likeness (QED) is 0.731. The molecule has 30 heavy (non-hydrogen) atoms. The van der Waals surface area contributed by atoms with E-state index in [9.17, 15) is 14.4 Å². The van der Waals surface area contributed by atoms with Crippen molar-refractivity contribution in [2.24, 2.45) is 0 Å². The largest absolute Gasteiger partial charge is 0.496 e. The van der Waals surface area contributed by atoms with Crippen LogP contribution >= 0.6 is 0 Å². The van der Waals surface area contributed by atoms with Crippen LogP contribution in [0.2, 0.25) is 0 Å². The summed E-state index contributed by atoms with van der Waals surface area (Å²) in [6.07, 6.45) is 2.19. The van der Waals surface area contributed by atoms with Crippen LogP contribution in [0.25, 0.3) is 0 Å². The van der Waals surface area contributed by atoms with Gasteiger partial charge in [0.05, 0.1) is 7.11 Å². The van der Waals surface area contributed by atoms with E-state index in [2.05, 4.69) is 10.6 Å². The summed E-state index contributed by atoms with van der Waals surface area (Å²) in [6.45, 7) is 6.88. The number of nitrogens with one attached hydrogen (secondary N) is 2. The number of piperidine rings is 2. The number of carbonyl (C=O) groups excluding carboxylic acids is 3. The SMILES string of the molecule is COc1cc(NC2CCC(=O)NC2=O)ccc1C1CCN(C(=O)OC(C)(C)C)CC1. The predicted octanol–water partition coefficient (Wildman–Crippen LogP) is 3.03. The first kappa shape index (κ1) is 21.9. The Hall–Kier alpha value is -2.77. The summed E-state index contributed by atoms with van der Waals surface area (Å²) in [5, 5.41) is 5.54. The second kappa shape index (κ2) is 8.93. The van der Waals surface area contributed by atoms with Crippen molar-refractivity contribution in [3.63, 3.8) is 0 Å². The molecule has 0 aromatic heterocycles. The Balaban J connectivity index is 1.62. The summed E-state index contributed by atoms with van der Waals surface area (Å²) in [4.78, 5) is 37.3. The third-order valence-corrected chi connectivity index (χ3v) is 5.40. The van der Waals surface area contributed by atoms with Crippen molar-refractivity contribution < 1.29 is 23.9 Å². The Morgan fingerprint density at radius 3 is 2.47 bits per heavy atom. The smallest absolute Gasteiger partial charge is 0.410 e. The van der Waals surface area contributed by atoms with Gasteiger partial charge in [-0.1, -0.05) is 6.07 Å². The molecule has 2 fully saturated rings. The van der Waals surface area contributed by atoms with E-state index in [1.807, 2.05) is 39.0 Å². The van der Waals surface area contributed by atoms with Gasteiger partial charge in [0.2, 0.25) is 11.8 Å². The molecule has 0 radical (unpaired) electrons. The second-order valence-corrected chi connectivity index (χ2v) is 8.85. The number of likely N-dealkylation sites (tertiary alicyclic amines) is 1. The van der Waals surface area contributed by atoms with Gasteiger partial charge >= 0.3 is 6.09 Å². The zero-order valence-corrected chi connectivity index (χ0v) is 18.1. The molecule has 1 unspecified atom stereocenters. The normalized spacial score (nSPS) is 20.5. The van der Waals surface area contributed by atoms with E-state index >= 15 is 0 Å². The summed E-state index contributed by atoms with van der Waals surface area (Å²) in [5.74, 6) is 0.499. The molecule has 0 aliphatic carbocycles. The summed E-state index contributed by atoms with van der Waals surface area (Å²) in [6, 6.07) is 5.40. The van der Waals surface area contributed by atoms with Crippen LogP contribution in [0.3, 0.4) is 0 Å². The van der Waals surface area contributed by atoms with Gasteiger partial charge in [-0.2, -0.15) is 0 Å². The minimum Gasteiger partial charge on any atom is -0.496 e. The van der Waals surface area contributed by atoms with E-state index < -0.39 is 11.6 Å². The molecular weight excluding hydrogens is 386 g/mol. The zero-order valence-electron chi connectivity index (χ0n) is 18.1. The van der Waals surface area contributed by atoms with E-state index in [4.69, 9.17) is 9.47 Å². The molecule has 2 heterocycles. The fourth-order valence-corrected chi connectivity index (χ4v) is 3.87. The van der Waals surface area contributed by atoms with Crippen molar-refractivity contribution in [2.75, 3.05) is 25.5 Å². The first-order valence-electron chi connectivity index (χ1n) is 10.4.